The number of carboxylic acid groups (broad SMARTS) is 1. The zero-order valence-electron chi connectivity index (χ0n) is 24.4. The van der Waals surface area contributed by atoms with Crippen molar-refractivity contribution in [3.05, 3.63) is 93.9 Å². The van der Waals surface area contributed by atoms with Crippen LogP contribution in [-0.2, 0) is 20.9 Å². The molecule has 0 aliphatic carbocycles. The maximum Gasteiger partial charge on any atom is 0.335 e. The molecule has 8 nitrogen and oxygen atoms in total. The van der Waals surface area contributed by atoms with Gasteiger partial charge in [-0.05, 0) is 65.6 Å². The summed E-state index contributed by atoms with van der Waals surface area (Å²) in [5.74, 6) is -2.57. The molecule has 0 aromatic heterocycles. The summed E-state index contributed by atoms with van der Waals surface area (Å²) in [6, 6.07) is 15.6. The van der Waals surface area contributed by atoms with E-state index in [2.05, 4.69) is 4.90 Å². The van der Waals surface area contributed by atoms with E-state index in [9.17, 15) is 18.4 Å². The van der Waals surface area contributed by atoms with E-state index < -0.39 is 17.6 Å². The Morgan fingerprint density at radius 2 is 1.78 bits per heavy atom. The lowest BCUT2D eigenvalue weighted by Gasteiger charge is -2.26. The summed E-state index contributed by atoms with van der Waals surface area (Å²) >= 11 is 6.68. The van der Waals surface area contributed by atoms with Crippen LogP contribution in [0.3, 0.4) is 0 Å². The number of aromatic carboxylic acids is 1. The summed E-state index contributed by atoms with van der Waals surface area (Å²) < 4.78 is 45.5. The number of halogens is 2. The molecule has 0 spiro atoms. The molecule has 3 aromatic carbocycles. The monoisotopic (exact) mass is 654 g/mol. The Kier molecular flexibility index (Phi) is 11.3. The molecule has 0 unspecified atom stereocenters. The smallest absolute Gasteiger partial charge is 0.335 e. The Balaban J connectivity index is 1.22. The molecule has 0 atom stereocenters. The summed E-state index contributed by atoms with van der Waals surface area (Å²) in [6.45, 7) is 5.23. The first-order chi connectivity index (χ1) is 21.8. The number of carbonyl (C=O) groups is 2. The first-order valence-corrected chi connectivity index (χ1v) is 15.7. The molecule has 5 rings (SSSR count). The highest BCUT2D eigenvalue weighted by molar-refractivity contribution is 8.26. The van der Waals surface area contributed by atoms with Crippen LogP contribution < -0.4 is 4.74 Å². The lowest BCUT2D eigenvalue weighted by molar-refractivity contribution is -0.122. The number of nitrogens with zero attached hydrogens (tertiary/aromatic N) is 2. The molecule has 2 aliphatic heterocycles. The second-order valence-electron chi connectivity index (χ2n) is 10.4. The van der Waals surface area contributed by atoms with Crippen molar-refractivity contribution in [1.29, 1.82) is 0 Å². The second-order valence-corrected chi connectivity index (χ2v) is 12.1. The van der Waals surface area contributed by atoms with Crippen molar-refractivity contribution in [1.82, 2.24) is 9.80 Å². The maximum atomic E-state index is 14.2. The van der Waals surface area contributed by atoms with E-state index >= 15 is 0 Å². The number of carboxylic acids is 1. The Morgan fingerprint density at radius 3 is 2.51 bits per heavy atom. The maximum absolute atomic E-state index is 14.2. The van der Waals surface area contributed by atoms with Crippen LogP contribution in [0.2, 0.25) is 0 Å². The summed E-state index contributed by atoms with van der Waals surface area (Å²) in [6.07, 6.45) is 2.29. The number of ether oxygens (including phenoxy) is 3. The number of thiocarbonyl (C=S) groups is 1. The highest BCUT2D eigenvalue weighted by atomic mass is 32.2. The van der Waals surface area contributed by atoms with Gasteiger partial charge in [0.1, 0.15) is 16.7 Å². The average Bonchev–Trinajstić information content (AvgIpc) is 3.30. The second kappa shape index (κ2) is 15.5. The minimum atomic E-state index is -0.982. The normalized spacial score (nSPS) is 16.5. The van der Waals surface area contributed by atoms with Crippen molar-refractivity contribution in [3.63, 3.8) is 0 Å². The number of morpholine rings is 1. The minimum absolute atomic E-state index is 0.213. The van der Waals surface area contributed by atoms with Gasteiger partial charge < -0.3 is 19.3 Å². The Labute approximate surface area is 269 Å². The van der Waals surface area contributed by atoms with E-state index in [4.69, 9.17) is 31.5 Å². The Bertz CT molecular complexity index is 1580. The van der Waals surface area contributed by atoms with E-state index in [-0.39, 0.29) is 11.5 Å². The van der Waals surface area contributed by atoms with E-state index in [0.717, 1.165) is 30.8 Å². The van der Waals surface area contributed by atoms with Crippen molar-refractivity contribution in [2.24, 2.45) is 0 Å². The highest BCUT2D eigenvalue weighted by Crippen LogP contribution is 2.36. The van der Waals surface area contributed by atoms with Gasteiger partial charge in [0.15, 0.2) is 11.6 Å². The molecule has 2 fully saturated rings. The lowest BCUT2D eigenvalue weighted by atomic mass is 10.0. The molecular formula is C33H32F2N2O6S2. The van der Waals surface area contributed by atoms with Gasteiger partial charge in [-0.1, -0.05) is 48.2 Å². The molecule has 236 valence electrons. The van der Waals surface area contributed by atoms with Crippen LogP contribution in [0.25, 0.3) is 17.2 Å². The van der Waals surface area contributed by atoms with Crippen molar-refractivity contribution < 1.29 is 37.7 Å². The van der Waals surface area contributed by atoms with Crippen molar-refractivity contribution >= 4 is 46.3 Å². The molecule has 0 radical (unpaired) electrons. The standard InChI is InChI=1S/C33H32F2N2O6S2/c34-27-8-7-25(20-28(27)35)26-18-23(4-9-29(26)43-17-13-36-11-15-41-16-12-36)19-30-31(38)37(33(44)45-30)10-1-14-42-21-22-2-5-24(6-3-22)32(39)40/h2-9,18-20H,1,10-17,21H2,(H,39,40)/b30-19-. The summed E-state index contributed by atoms with van der Waals surface area (Å²) in [7, 11) is 0. The number of carbonyl (C=O) groups excluding carboxylic acids is 1. The SMILES string of the molecule is O=C(O)c1ccc(COCCCN2C(=O)/C(=C/c3ccc(OCCN4CCOCC4)c(-c4ccc(F)c(F)c4)c3)SC2=S)cc1. The molecule has 2 aliphatic rings. The number of rotatable bonds is 13. The summed E-state index contributed by atoms with van der Waals surface area (Å²) in [5.41, 5.74) is 2.79. The van der Waals surface area contributed by atoms with Gasteiger partial charge in [0.2, 0.25) is 0 Å². The zero-order chi connectivity index (χ0) is 31.8. The molecular weight excluding hydrogens is 623 g/mol. The van der Waals surface area contributed by atoms with E-state index in [1.165, 1.54) is 34.9 Å². The topological polar surface area (TPSA) is 88.5 Å². The number of thioether (sulfide) groups is 1. The van der Waals surface area contributed by atoms with Crippen LogP contribution in [0.4, 0.5) is 8.78 Å². The summed E-state index contributed by atoms with van der Waals surface area (Å²) in [5, 5.41) is 9.01. The van der Waals surface area contributed by atoms with Crippen LogP contribution >= 0.6 is 24.0 Å². The first-order valence-electron chi connectivity index (χ1n) is 14.5. The van der Waals surface area contributed by atoms with Crippen molar-refractivity contribution in [2.45, 2.75) is 13.0 Å². The molecule has 2 heterocycles. The van der Waals surface area contributed by atoms with Crippen LogP contribution in [-0.4, -0.2) is 83.7 Å². The molecule has 12 heteroatoms. The fourth-order valence-corrected chi connectivity index (χ4v) is 6.17. The van der Waals surface area contributed by atoms with Crippen molar-refractivity contribution in [2.75, 3.05) is 52.6 Å². The number of amides is 1. The molecule has 1 N–H and O–H groups in total. The highest BCUT2D eigenvalue weighted by Gasteiger charge is 2.31. The van der Waals surface area contributed by atoms with Gasteiger partial charge in [-0.25, -0.2) is 13.6 Å². The number of benzene rings is 3. The van der Waals surface area contributed by atoms with Crippen LogP contribution in [0.15, 0.2) is 65.6 Å². The third-order valence-corrected chi connectivity index (χ3v) is 8.69. The molecule has 2 saturated heterocycles. The third kappa shape index (κ3) is 8.74. The van der Waals surface area contributed by atoms with E-state index in [0.29, 0.717) is 84.2 Å². The van der Waals surface area contributed by atoms with E-state index in [1.54, 1.807) is 30.3 Å². The minimum Gasteiger partial charge on any atom is -0.492 e. The molecule has 45 heavy (non-hydrogen) atoms. The Morgan fingerprint density at radius 1 is 1.00 bits per heavy atom. The van der Waals surface area contributed by atoms with Gasteiger partial charge in [0, 0.05) is 38.3 Å². The van der Waals surface area contributed by atoms with Gasteiger partial charge >= 0.3 is 5.97 Å². The quantitative estimate of drug-likeness (QED) is 0.139. The van der Waals surface area contributed by atoms with Gasteiger partial charge in [-0.15, -0.1) is 0 Å². The first kappa shape index (κ1) is 32.7. The summed E-state index contributed by atoms with van der Waals surface area (Å²) in [4.78, 5) is 28.4. The van der Waals surface area contributed by atoms with E-state index in [1.807, 2.05) is 6.07 Å². The fraction of sp³-hybridized carbons (Fsp3) is 0.303. The van der Waals surface area contributed by atoms with Gasteiger partial charge in [0.05, 0.1) is 30.3 Å². The van der Waals surface area contributed by atoms with Crippen LogP contribution in [0.5, 0.6) is 5.75 Å². The van der Waals surface area contributed by atoms with Gasteiger partial charge in [0.25, 0.3) is 5.91 Å². The third-order valence-electron chi connectivity index (χ3n) is 7.31. The number of hydrogen-bond donors (Lipinski definition) is 1. The predicted molar refractivity (Wildman–Crippen MR) is 172 cm³/mol. The largest absolute Gasteiger partial charge is 0.492 e. The zero-order valence-corrected chi connectivity index (χ0v) is 26.0. The van der Waals surface area contributed by atoms with Crippen molar-refractivity contribution in [3.8, 4) is 16.9 Å². The molecule has 1 amide bonds. The lowest BCUT2D eigenvalue weighted by Crippen LogP contribution is -2.38. The van der Waals surface area contributed by atoms with Gasteiger partial charge in [-0.3, -0.25) is 14.6 Å². The Hall–Kier alpha value is -3.68. The number of hydrogen-bond acceptors (Lipinski definition) is 8. The predicted octanol–water partition coefficient (Wildman–Crippen LogP) is 5.85. The molecule has 0 bridgehead atoms. The molecule has 3 aromatic rings. The van der Waals surface area contributed by atoms with Crippen LogP contribution in [0.1, 0.15) is 27.9 Å². The van der Waals surface area contributed by atoms with Crippen LogP contribution in [0, 0.1) is 11.6 Å². The average molecular weight is 655 g/mol. The molecule has 0 saturated carbocycles. The fourth-order valence-electron chi connectivity index (χ4n) is 4.86. The van der Waals surface area contributed by atoms with Gasteiger partial charge in [-0.2, -0.15) is 0 Å².